The van der Waals surface area contributed by atoms with Crippen molar-refractivity contribution < 1.29 is 13.0 Å². The molecule has 0 amide bonds. The van der Waals surface area contributed by atoms with Gasteiger partial charge in [-0.1, -0.05) is 13.8 Å². The van der Waals surface area contributed by atoms with Gasteiger partial charge in [-0.3, -0.25) is 4.55 Å². The molecule has 1 unspecified atom stereocenters. The van der Waals surface area contributed by atoms with Crippen molar-refractivity contribution in [3.63, 3.8) is 0 Å². The van der Waals surface area contributed by atoms with Gasteiger partial charge >= 0.3 is 51.4 Å². The van der Waals surface area contributed by atoms with Gasteiger partial charge in [0.25, 0.3) is 10.1 Å². The molecule has 6 heteroatoms. The molecule has 0 aliphatic carbocycles. The summed E-state index contributed by atoms with van der Waals surface area (Å²) in [6.07, 6.45) is 0. The topological polar surface area (TPSA) is 57.6 Å². The maximum atomic E-state index is 11.2. The first-order chi connectivity index (χ1) is 8.19. The second kappa shape index (κ2) is 5.75. The van der Waals surface area contributed by atoms with E-state index in [0.717, 1.165) is 17.8 Å². The molecule has 0 fully saturated rings. The van der Waals surface area contributed by atoms with Gasteiger partial charge in [-0.05, 0) is 37.6 Å². The van der Waals surface area contributed by atoms with Crippen molar-refractivity contribution in [1.29, 1.82) is 0 Å². The number of benzene rings is 1. The monoisotopic (exact) mass is 309 g/mol. The van der Waals surface area contributed by atoms with Gasteiger partial charge in [-0.25, -0.2) is 0 Å². The number of nitrogens with zero attached hydrogens (tertiary/aromatic N) is 1. The van der Waals surface area contributed by atoms with Crippen molar-refractivity contribution >= 4 is 67.2 Å². The van der Waals surface area contributed by atoms with Crippen LogP contribution in [0.2, 0.25) is 0 Å². The molecule has 1 heterocycles. The van der Waals surface area contributed by atoms with Crippen LogP contribution in [0.5, 0.6) is 0 Å². The third-order valence-electron chi connectivity index (χ3n) is 4.12. The molecule has 4 nitrogen and oxygen atoms in total. The Hall–Kier alpha value is 0.566. The van der Waals surface area contributed by atoms with Crippen molar-refractivity contribution in [2.24, 2.45) is 0 Å². The van der Waals surface area contributed by atoms with E-state index < -0.39 is 10.1 Å². The summed E-state index contributed by atoms with van der Waals surface area (Å²) in [4.78, 5) is 2.22. The van der Waals surface area contributed by atoms with Crippen molar-refractivity contribution in [1.82, 2.24) is 0 Å². The normalized spacial score (nSPS) is 20.9. The molecule has 102 valence electrons. The molecule has 0 saturated carbocycles. The van der Waals surface area contributed by atoms with E-state index in [-0.39, 0.29) is 61.7 Å². The second-order valence-electron chi connectivity index (χ2n) is 5.34. The Labute approximate surface area is 157 Å². The van der Waals surface area contributed by atoms with Gasteiger partial charge in [0.1, 0.15) is 0 Å². The van der Waals surface area contributed by atoms with Crippen LogP contribution < -0.4 is 4.90 Å². The number of anilines is 1. The predicted molar refractivity (Wildman–Crippen MR) is 78.9 cm³/mol. The average Bonchev–Trinajstić information content (AvgIpc) is 2.46. The molecule has 2 rings (SSSR count). The third kappa shape index (κ3) is 2.95. The molecular formula is C13H20KNO3S. The summed E-state index contributed by atoms with van der Waals surface area (Å²) in [6.45, 7) is 9.29. The number of fused-ring (bicyclic) bond motifs is 1. The Morgan fingerprint density at radius 1 is 1.37 bits per heavy atom. The van der Waals surface area contributed by atoms with Crippen LogP contribution >= 0.6 is 0 Å². The van der Waals surface area contributed by atoms with Gasteiger partial charge in [0.15, 0.2) is 0 Å². The van der Waals surface area contributed by atoms with Crippen LogP contribution in [0.4, 0.5) is 5.69 Å². The van der Waals surface area contributed by atoms with Crippen LogP contribution in [0.1, 0.15) is 33.3 Å². The van der Waals surface area contributed by atoms with E-state index in [1.165, 1.54) is 6.07 Å². The van der Waals surface area contributed by atoms with Gasteiger partial charge in [-0.2, -0.15) is 8.42 Å². The Morgan fingerprint density at radius 3 is 2.42 bits per heavy atom. The van der Waals surface area contributed by atoms with Gasteiger partial charge in [-0.15, -0.1) is 0 Å². The number of hydrogen-bond donors (Lipinski definition) is 1. The number of rotatable bonds is 2. The molecule has 1 aliphatic heterocycles. The van der Waals surface area contributed by atoms with E-state index in [1.54, 1.807) is 12.1 Å². The van der Waals surface area contributed by atoms with Crippen LogP contribution in [-0.2, 0) is 15.5 Å². The molecule has 0 saturated heterocycles. The van der Waals surface area contributed by atoms with E-state index in [0.29, 0.717) is 6.04 Å². The zero-order valence-electron chi connectivity index (χ0n) is 11.1. The van der Waals surface area contributed by atoms with E-state index in [4.69, 9.17) is 4.55 Å². The molecule has 0 radical (unpaired) electrons. The van der Waals surface area contributed by atoms with Gasteiger partial charge < -0.3 is 4.90 Å². The third-order valence-corrected chi connectivity index (χ3v) is 4.97. The fourth-order valence-corrected chi connectivity index (χ4v) is 3.22. The van der Waals surface area contributed by atoms with Crippen LogP contribution in [0, 0.1) is 0 Å². The molecule has 0 bridgehead atoms. The molecule has 1 aromatic rings. The Bertz CT molecular complexity index is 584. The van der Waals surface area contributed by atoms with Crippen LogP contribution in [-0.4, -0.2) is 76.9 Å². The Kier molecular flexibility index (Phi) is 5.33. The van der Waals surface area contributed by atoms with E-state index in [1.807, 2.05) is 0 Å². The van der Waals surface area contributed by atoms with Gasteiger partial charge in [0, 0.05) is 23.7 Å². The van der Waals surface area contributed by atoms with E-state index in [9.17, 15) is 8.42 Å². The number of hydrogen-bond acceptors (Lipinski definition) is 3. The summed E-state index contributed by atoms with van der Waals surface area (Å²) in [6, 6.07) is 5.14. The average molecular weight is 309 g/mol. The van der Waals surface area contributed by atoms with Crippen molar-refractivity contribution in [3.8, 4) is 0 Å². The summed E-state index contributed by atoms with van der Waals surface area (Å²) in [5.41, 5.74) is 1.90. The van der Waals surface area contributed by atoms with Gasteiger partial charge in [0.05, 0.1) is 4.90 Å². The molecular weight excluding hydrogens is 289 g/mol. The molecule has 0 spiro atoms. The summed E-state index contributed by atoms with van der Waals surface area (Å²) in [5, 5.41) is 0. The van der Waals surface area contributed by atoms with Crippen molar-refractivity contribution in [3.05, 3.63) is 23.8 Å². The Morgan fingerprint density at radius 2 is 1.95 bits per heavy atom. The maximum absolute atomic E-state index is 11.2. The van der Waals surface area contributed by atoms with Crippen LogP contribution in [0.15, 0.2) is 23.1 Å². The summed E-state index contributed by atoms with van der Waals surface area (Å²) >= 11 is 0. The van der Waals surface area contributed by atoms with Crippen LogP contribution in [0.25, 0.3) is 0 Å². The van der Waals surface area contributed by atoms with E-state index in [2.05, 4.69) is 32.6 Å². The second-order valence-corrected chi connectivity index (χ2v) is 6.76. The first-order valence-electron chi connectivity index (χ1n) is 6.08. The molecule has 1 aromatic carbocycles. The molecule has 1 N–H and O–H groups in total. The molecule has 19 heavy (non-hydrogen) atoms. The molecule has 1 aliphatic rings. The zero-order chi connectivity index (χ0) is 13.7. The van der Waals surface area contributed by atoms with Crippen LogP contribution in [0.3, 0.4) is 0 Å². The van der Waals surface area contributed by atoms with E-state index >= 15 is 0 Å². The summed E-state index contributed by atoms with van der Waals surface area (Å²) in [5.74, 6) is 0. The minimum atomic E-state index is -4.13. The SMILES string of the molecule is CCN1c2ccc(S(=O)(=O)O)cc2C(C)(C)C1C.[KH]. The molecule has 1 atom stereocenters. The van der Waals surface area contributed by atoms with Crippen molar-refractivity contribution in [2.45, 2.75) is 44.0 Å². The minimum absolute atomic E-state index is 0. The first kappa shape index (κ1) is 17.6. The fourth-order valence-electron chi connectivity index (χ4n) is 2.71. The van der Waals surface area contributed by atoms with Gasteiger partial charge in [0.2, 0.25) is 0 Å². The first-order valence-corrected chi connectivity index (χ1v) is 7.52. The summed E-state index contributed by atoms with van der Waals surface area (Å²) in [7, 11) is -4.13. The zero-order valence-corrected chi connectivity index (χ0v) is 12.0. The Balaban J connectivity index is 0.00000180. The number of likely N-dealkylation sites (N-methyl/N-ethyl adjacent to an activating group) is 1. The van der Waals surface area contributed by atoms with Crippen molar-refractivity contribution in [2.75, 3.05) is 11.4 Å². The quantitative estimate of drug-likeness (QED) is 0.668. The standard InChI is InChI=1S/C13H19NO3S.K.H/c1-5-14-9(2)13(3,4)11-8-10(18(15,16)17)6-7-12(11)14;;/h6-9H,5H2,1-4H3,(H,15,16,17);;. The fraction of sp³-hybridized carbons (Fsp3) is 0.538. The molecule has 0 aromatic heterocycles. The summed E-state index contributed by atoms with van der Waals surface area (Å²) < 4.78 is 31.6. The predicted octanol–water partition coefficient (Wildman–Crippen LogP) is 1.79.